The number of carbonyl (C=O) groups excluding carboxylic acids is 1. The first-order valence-electron chi connectivity index (χ1n) is 9.07. The zero-order valence-corrected chi connectivity index (χ0v) is 16.3. The zero-order chi connectivity index (χ0) is 20.1. The smallest absolute Gasteiger partial charge is 0.414 e. The van der Waals surface area contributed by atoms with Crippen LogP contribution in [0.1, 0.15) is 52.5 Å². The van der Waals surface area contributed by atoms with Gasteiger partial charge in [-0.05, 0) is 64.7 Å². The molecule has 4 N–H and O–H groups in total. The van der Waals surface area contributed by atoms with Gasteiger partial charge in [-0.1, -0.05) is 12.1 Å². The minimum atomic E-state index is -1.03. The van der Waals surface area contributed by atoms with Crippen LogP contribution in [0.4, 0.5) is 15.3 Å². The lowest BCUT2D eigenvalue weighted by Gasteiger charge is -2.42. The lowest BCUT2D eigenvalue weighted by atomic mass is 9.72. The SMILES string of the molecule is CCN=C(NC(=O)OC(C)(C)C)Nc1cccc(C2(NC(=O)O)CCC2)c1. The Morgan fingerprint density at radius 1 is 1.30 bits per heavy atom. The maximum atomic E-state index is 12.0. The van der Waals surface area contributed by atoms with Crippen LogP contribution in [-0.2, 0) is 10.3 Å². The molecule has 0 spiro atoms. The summed E-state index contributed by atoms with van der Waals surface area (Å²) in [5.74, 6) is 0.276. The van der Waals surface area contributed by atoms with Crippen LogP contribution < -0.4 is 16.0 Å². The molecule has 1 aliphatic carbocycles. The fourth-order valence-corrected chi connectivity index (χ4v) is 2.92. The minimum absolute atomic E-state index is 0.276. The van der Waals surface area contributed by atoms with Gasteiger partial charge in [-0.2, -0.15) is 0 Å². The molecule has 2 rings (SSSR count). The first-order chi connectivity index (χ1) is 12.6. The molecule has 8 nitrogen and oxygen atoms in total. The van der Waals surface area contributed by atoms with E-state index < -0.39 is 23.3 Å². The fourth-order valence-electron chi connectivity index (χ4n) is 2.92. The van der Waals surface area contributed by atoms with Gasteiger partial charge in [0, 0.05) is 12.2 Å². The number of guanidine groups is 1. The van der Waals surface area contributed by atoms with Crippen LogP contribution in [0.15, 0.2) is 29.3 Å². The van der Waals surface area contributed by atoms with Crippen LogP contribution in [0.2, 0.25) is 0 Å². The van der Waals surface area contributed by atoms with Crippen molar-refractivity contribution in [3.8, 4) is 0 Å². The average Bonchev–Trinajstić information content (AvgIpc) is 2.49. The van der Waals surface area contributed by atoms with Crippen LogP contribution in [-0.4, -0.2) is 35.4 Å². The van der Waals surface area contributed by atoms with Crippen molar-refractivity contribution in [2.24, 2.45) is 4.99 Å². The highest BCUT2D eigenvalue weighted by atomic mass is 16.6. The second kappa shape index (κ2) is 8.28. The lowest BCUT2D eigenvalue weighted by molar-refractivity contribution is 0.0563. The van der Waals surface area contributed by atoms with Gasteiger partial charge >= 0.3 is 12.2 Å². The Labute approximate surface area is 159 Å². The number of carbonyl (C=O) groups is 2. The Hall–Kier alpha value is -2.77. The number of anilines is 1. The molecule has 0 aromatic heterocycles. The molecule has 0 atom stereocenters. The van der Waals surface area contributed by atoms with E-state index in [0.717, 1.165) is 24.8 Å². The summed E-state index contributed by atoms with van der Waals surface area (Å²) in [5.41, 5.74) is 0.424. The third-order valence-electron chi connectivity index (χ3n) is 4.17. The molecule has 0 radical (unpaired) electrons. The van der Waals surface area contributed by atoms with Gasteiger partial charge in [0.25, 0.3) is 0 Å². The molecule has 1 aromatic carbocycles. The van der Waals surface area contributed by atoms with Gasteiger partial charge in [0.05, 0.1) is 5.54 Å². The van der Waals surface area contributed by atoms with Gasteiger partial charge in [0.15, 0.2) is 0 Å². The van der Waals surface area contributed by atoms with Crippen molar-refractivity contribution in [2.75, 3.05) is 11.9 Å². The summed E-state index contributed by atoms with van der Waals surface area (Å²) in [6.07, 6.45) is 0.860. The standard InChI is InChI=1S/C19H28N4O4/c1-5-20-15(22-17(26)27-18(2,3)4)21-14-9-6-8-13(12-14)19(10-7-11-19)23-16(24)25/h6,8-9,12,23H,5,7,10-11H2,1-4H3,(H,24,25)(H2,20,21,22,26). The molecule has 27 heavy (non-hydrogen) atoms. The highest BCUT2D eigenvalue weighted by Crippen LogP contribution is 2.41. The Balaban J connectivity index is 2.14. The van der Waals surface area contributed by atoms with Crippen LogP contribution in [0, 0.1) is 0 Å². The maximum absolute atomic E-state index is 12.0. The van der Waals surface area contributed by atoms with Gasteiger partial charge in [-0.15, -0.1) is 0 Å². The molecular formula is C19H28N4O4. The molecule has 0 heterocycles. The summed E-state index contributed by atoms with van der Waals surface area (Å²) >= 11 is 0. The zero-order valence-electron chi connectivity index (χ0n) is 16.3. The summed E-state index contributed by atoms with van der Waals surface area (Å²) in [5, 5.41) is 17.5. The van der Waals surface area contributed by atoms with Crippen molar-refractivity contribution in [3.05, 3.63) is 29.8 Å². The Kier molecular flexibility index (Phi) is 6.30. The van der Waals surface area contributed by atoms with Crippen LogP contribution in [0.5, 0.6) is 0 Å². The van der Waals surface area contributed by atoms with Crippen LogP contribution in [0.3, 0.4) is 0 Å². The van der Waals surface area contributed by atoms with E-state index in [1.165, 1.54) is 0 Å². The van der Waals surface area contributed by atoms with Gasteiger partial charge in [0.2, 0.25) is 5.96 Å². The molecule has 1 fully saturated rings. The van der Waals surface area contributed by atoms with Gasteiger partial charge < -0.3 is 20.5 Å². The number of carboxylic acid groups (broad SMARTS) is 1. The highest BCUT2D eigenvalue weighted by molar-refractivity contribution is 6.02. The maximum Gasteiger partial charge on any atom is 0.414 e. The molecule has 1 aliphatic rings. The summed E-state index contributed by atoms with van der Waals surface area (Å²) in [6.45, 7) is 7.69. The number of hydrogen-bond donors (Lipinski definition) is 4. The molecule has 0 aliphatic heterocycles. The van der Waals surface area contributed by atoms with Crippen molar-refractivity contribution in [2.45, 2.75) is 58.1 Å². The second-order valence-electron chi connectivity index (χ2n) is 7.52. The average molecular weight is 376 g/mol. The van der Waals surface area contributed by atoms with E-state index in [0.29, 0.717) is 12.2 Å². The van der Waals surface area contributed by atoms with Crippen LogP contribution >= 0.6 is 0 Å². The summed E-state index contributed by atoms with van der Waals surface area (Å²) in [6, 6.07) is 7.45. The van der Waals surface area contributed by atoms with E-state index in [2.05, 4.69) is 20.9 Å². The van der Waals surface area contributed by atoms with Crippen molar-refractivity contribution in [3.63, 3.8) is 0 Å². The number of rotatable bonds is 4. The largest absolute Gasteiger partial charge is 0.465 e. The quantitative estimate of drug-likeness (QED) is 0.473. The number of nitrogens with one attached hydrogen (secondary N) is 3. The Morgan fingerprint density at radius 3 is 2.52 bits per heavy atom. The first-order valence-corrected chi connectivity index (χ1v) is 9.07. The van der Waals surface area contributed by atoms with E-state index in [4.69, 9.17) is 9.84 Å². The van der Waals surface area contributed by atoms with Gasteiger partial charge in [0.1, 0.15) is 5.60 Å². The first kappa shape index (κ1) is 20.5. The molecule has 2 amide bonds. The predicted octanol–water partition coefficient (Wildman–Crippen LogP) is 3.65. The van der Waals surface area contributed by atoms with Crippen molar-refractivity contribution in [1.29, 1.82) is 0 Å². The van der Waals surface area contributed by atoms with Gasteiger partial charge in [-0.3, -0.25) is 10.3 Å². The summed E-state index contributed by atoms with van der Waals surface area (Å²) in [4.78, 5) is 27.4. The van der Waals surface area contributed by atoms with Crippen molar-refractivity contribution in [1.82, 2.24) is 10.6 Å². The monoisotopic (exact) mass is 376 g/mol. The fraction of sp³-hybridized carbons (Fsp3) is 0.526. The van der Waals surface area contributed by atoms with E-state index in [-0.39, 0.29) is 5.96 Å². The minimum Gasteiger partial charge on any atom is -0.465 e. The second-order valence-corrected chi connectivity index (χ2v) is 7.52. The van der Waals surface area contributed by atoms with Crippen molar-refractivity contribution < 1.29 is 19.4 Å². The topological polar surface area (TPSA) is 112 Å². The van der Waals surface area contributed by atoms with E-state index in [1.807, 2.05) is 31.2 Å². The number of nitrogens with zero attached hydrogens (tertiary/aromatic N) is 1. The predicted molar refractivity (Wildman–Crippen MR) is 104 cm³/mol. The van der Waals surface area contributed by atoms with Gasteiger partial charge in [-0.25, -0.2) is 9.59 Å². The number of amides is 2. The van der Waals surface area contributed by atoms with E-state index in [1.54, 1.807) is 20.8 Å². The molecule has 0 unspecified atom stereocenters. The van der Waals surface area contributed by atoms with Crippen LogP contribution in [0.25, 0.3) is 0 Å². The third-order valence-corrected chi connectivity index (χ3v) is 4.17. The third kappa shape index (κ3) is 5.87. The molecule has 0 bridgehead atoms. The number of hydrogen-bond acceptors (Lipinski definition) is 4. The number of ether oxygens (including phenoxy) is 1. The number of aliphatic imine (C=N–C) groups is 1. The lowest BCUT2D eigenvalue weighted by Crippen LogP contribution is -2.50. The molecular weight excluding hydrogens is 348 g/mol. The van der Waals surface area contributed by atoms with Crippen molar-refractivity contribution >= 4 is 23.8 Å². The normalized spacial score (nSPS) is 16.1. The molecule has 0 saturated heterocycles. The summed E-state index contributed by atoms with van der Waals surface area (Å²) < 4.78 is 5.25. The number of benzene rings is 1. The Bertz CT molecular complexity index is 721. The Morgan fingerprint density at radius 2 is 2.00 bits per heavy atom. The molecule has 148 valence electrons. The summed E-state index contributed by atoms with van der Waals surface area (Å²) in [7, 11) is 0. The highest BCUT2D eigenvalue weighted by Gasteiger charge is 2.40. The molecule has 1 saturated carbocycles. The van der Waals surface area contributed by atoms with E-state index >= 15 is 0 Å². The molecule has 8 heteroatoms. The number of alkyl carbamates (subject to hydrolysis) is 1. The molecule has 1 aromatic rings. The van der Waals surface area contributed by atoms with E-state index in [9.17, 15) is 9.59 Å².